The zero-order valence-corrected chi connectivity index (χ0v) is 15.1. The summed E-state index contributed by atoms with van der Waals surface area (Å²) in [6, 6.07) is 7.12. The van der Waals surface area contributed by atoms with Gasteiger partial charge < -0.3 is 4.74 Å². The number of fused-ring (bicyclic) bond motifs is 1. The summed E-state index contributed by atoms with van der Waals surface area (Å²) in [5.74, 6) is 0.303. The van der Waals surface area contributed by atoms with Gasteiger partial charge in [0.25, 0.3) is 0 Å². The van der Waals surface area contributed by atoms with Crippen molar-refractivity contribution >= 4 is 27.5 Å². The quantitative estimate of drug-likeness (QED) is 0.783. The molecule has 1 aliphatic heterocycles. The summed E-state index contributed by atoms with van der Waals surface area (Å²) < 4.78 is 5.89. The second kappa shape index (κ2) is 6.45. The maximum Gasteiger partial charge on any atom is 0.337 e. The fourth-order valence-electron chi connectivity index (χ4n) is 4.08. The molecule has 1 saturated heterocycles. The lowest BCUT2D eigenvalue weighted by Gasteiger charge is -2.47. The van der Waals surface area contributed by atoms with Crippen LogP contribution in [0, 0.1) is 0 Å². The molecule has 0 bridgehead atoms. The van der Waals surface area contributed by atoms with Crippen LogP contribution in [0.15, 0.2) is 18.2 Å². The minimum Gasteiger partial charge on any atom is -0.465 e. The van der Waals surface area contributed by atoms with Crippen LogP contribution in [0.4, 0.5) is 0 Å². The number of methoxy groups -OCH3 is 1. The van der Waals surface area contributed by atoms with Gasteiger partial charge in [-0.25, -0.2) is 9.78 Å². The Labute approximate surface area is 146 Å². The predicted octanol–water partition coefficient (Wildman–Crippen LogP) is 4.20. The molecule has 4 rings (SSSR count). The van der Waals surface area contributed by atoms with E-state index in [0.717, 1.165) is 22.3 Å². The molecule has 0 amide bonds. The lowest BCUT2D eigenvalue weighted by molar-refractivity contribution is 0.0480. The van der Waals surface area contributed by atoms with Crippen molar-refractivity contribution in [3.05, 3.63) is 28.8 Å². The van der Waals surface area contributed by atoms with E-state index in [1.807, 2.05) is 12.1 Å². The molecule has 0 spiro atoms. The van der Waals surface area contributed by atoms with Crippen LogP contribution in [-0.4, -0.2) is 41.6 Å². The first-order valence-electron chi connectivity index (χ1n) is 8.90. The number of piperidine rings is 1. The molecule has 0 unspecified atom stereocenters. The van der Waals surface area contributed by atoms with E-state index in [1.54, 1.807) is 17.4 Å². The zero-order chi connectivity index (χ0) is 16.7. The molecule has 1 atom stereocenters. The second-order valence-corrected chi connectivity index (χ2v) is 8.19. The van der Waals surface area contributed by atoms with Crippen molar-refractivity contribution in [1.82, 2.24) is 9.88 Å². The lowest BCUT2D eigenvalue weighted by atomic mass is 9.78. The van der Waals surface area contributed by atoms with Crippen molar-refractivity contribution in [1.29, 1.82) is 0 Å². The summed E-state index contributed by atoms with van der Waals surface area (Å²) >= 11 is 1.74. The monoisotopic (exact) mass is 344 g/mol. The van der Waals surface area contributed by atoms with Gasteiger partial charge >= 0.3 is 5.97 Å². The van der Waals surface area contributed by atoms with Gasteiger partial charge in [-0.2, -0.15) is 0 Å². The number of benzene rings is 1. The van der Waals surface area contributed by atoms with E-state index in [-0.39, 0.29) is 5.97 Å². The minimum atomic E-state index is -0.283. The van der Waals surface area contributed by atoms with Crippen molar-refractivity contribution in [2.75, 3.05) is 13.7 Å². The van der Waals surface area contributed by atoms with Crippen molar-refractivity contribution in [3.8, 4) is 0 Å². The molecule has 2 aromatic rings. The highest BCUT2D eigenvalue weighted by Crippen LogP contribution is 2.44. The number of thiazole rings is 1. The standard InChI is InChI=1S/C19H24N2O2S/c1-12-5-3-4-8-21(12)15-9-14(10-15)18-20-16-7-6-13(19(22)23-2)11-17(16)24-18/h6-7,11-12,14-15H,3-5,8-10H2,1-2H3/t12-,14?,15?/m0/s1. The Morgan fingerprint density at radius 1 is 1.33 bits per heavy atom. The molecule has 128 valence electrons. The molecule has 2 fully saturated rings. The predicted molar refractivity (Wildman–Crippen MR) is 96.7 cm³/mol. The number of hydrogen-bond acceptors (Lipinski definition) is 5. The molecule has 1 aromatic heterocycles. The van der Waals surface area contributed by atoms with Crippen LogP contribution in [0.1, 0.15) is 60.3 Å². The Morgan fingerprint density at radius 2 is 2.17 bits per heavy atom. The lowest BCUT2D eigenvalue weighted by Crippen LogP contribution is -2.50. The van der Waals surface area contributed by atoms with Crippen LogP contribution in [-0.2, 0) is 4.74 Å². The maximum atomic E-state index is 11.7. The largest absolute Gasteiger partial charge is 0.465 e. The van der Waals surface area contributed by atoms with Crippen LogP contribution in [0.25, 0.3) is 10.2 Å². The minimum absolute atomic E-state index is 0.283. The first-order chi connectivity index (χ1) is 11.7. The highest BCUT2D eigenvalue weighted by molar-refractivity contribution is 7.18. The summed E-state index contributed by atoms with van der Waals surface area (Å²) in [6.07, 6.45) is 6.54. The fraction of sp³-hybridized carbons (Fsp3) is 0.579. The molecule has 24 heavy (non-hydrogen) atoms. The van der Waals surface area contributed by atoms with Crippen LogP contribution in [0.5, 0.6) is 0 Å². The van der Waals surface area contributed by atoms with Gasteiger partial charge in [-0.05, 0) is 57.4 Å². The number of hydrogen-bond donors (Lipinski definition) is 0. The molecule has 1 aromatic carbocycles. The van der Waals surface area contributed by atoms with E-state index < -0.39 is 0 Å². The topological polar surface area (TPSA) is 42.4 Å². The molecule has 4 nitrogen and oxygen atoms in total. The highest BCUT2D eigenvalue weighted by Gasteiger charge is 2.38. The van der Waals surface area contributed by atoms with Gasteiger partial charge in [0.1, 0.15) is 0 Å². The average molecular weight is 344 g/mol. The summed E-state index contributed by atoms with van der Waals surface area (Å²) in [6.45, 7) is 3.64. The van der Waals surface area contributed by atoms with E-state index in [9.17, 15) is 4.79 Å². The second-order valence-electron chi connectivity index (χ2n) is 7.13. The molecule has 0 N–H and O–H groups in total. The van der Waals surface area contributed by atoms with Gasteiger partial charge in [-0.1, -0.05) is 6.42 Å². The molecular formula is C19H24N2O2S. The summed E-state index contributed by atoms with van der Waals surface area (Å²) in [5, 5.41) is 1.23. The number of nitrogens with zero attached hydrogens (tertiary/aromatic N) is 2. The molecule has 2 heterocycles. The van der Waals surface area contributed by atoms with Crippen molar-refractivity contribution in [3.63, 3.8) is 0 Å². The average Bonchev–Trinajstić information content (AvgIpc) is 2.97. The zero-order valence-electron chi connectivity index (χ0n) is 14.3. The Bertz CT molecular complexity index is 751. The van der Waals surface area contributed by atoms with Crippen molar-refractivity contribution < 1.29 is 9.53 Å². The first kappa shape index (κ1) is 16.0. The van der Waals surface area contributed by atoms with Gasteiger partial charge in [-0.15, -0.1) is 11.3 Å². The molecule has 5 heteroatoms. The normalized spacial score (nSPS) is 27.8. The Hall–Kier alpha value is -1.46. The van der Waals surface area contributed by atoms with Crippen molar-refractivity contribution in [2.45, 2.75) is 57.0 Å². The Balaban J connectivity index is 1.47. The molecule has 0 radical (unpaired) electrons. The van der Waals surface area contributed by atoms with E-state index in [1.165, 1.54) is 50.8 Å². The van der Waals surface area contributed by atoms with Gasteiger partial charge in [0.2, 0.25) is 0 Å². The van der Waals surface area contributed by atoms with Crippen LogP contribution >= 0.6 is 11.3 Å². The van der Waals surface area contributed by atoms with E-state index >= 15 is 0 Å². The van der Waals surface area contributed by atoms with E-state index in [0.29, 0.717) is 11.5 Å². The van der Waals surface area contributed by atoms with Crippen LogP contribution in [0.2, 0.25) is 0 Å². The number of carbonyl (C=O) groups is 1. The number of rotatable bonds is 3. The maximum absolute atomic E-state index is 11.7. The Morgan fingerprint density at radius 3 is 2.92 bits per heavy atom. The number of esters is 1. The third-order valence-electron chi connectivity index (χ3n) is 5.61. The first-order valence-corrected chi connectivity index (χ1v) is 9.72. The fourth-order valence-corrected chi connectivity index (χ4v) is 5.22. The number of ether oxygens (including phenoxy) is 1. The molecule has 1 aliphatic carbocycles. The third-order valence-corrected chi connectivity index (χ3v) is 6.79. The van der Waals surface area contributed by atoms with Gasteiger partial charge in [0, 0.05) is 18.0 Å². The molecule has 2 aliphatic rings. The van der Waals surface area contributed by atoms with Crippen LogP contribution < -0.4 is 0 Å². The summed E-state index contributed by atoms with van der Waals surface area (Å²) in [4.78, 5) is 19.2. The third kappa shape index (κ3) is 2.84. The molecular weight excluding hydrogens is 320 g/mol. The van der Waals surface area contributed by atoms with Gasteiger partial charge in [-0.3, -0.25) is 4.90 Å². The van der Waals surface area contributed by atoms with Gasteiger partial charge in [0.05, 0.1) is 27.9 Å². The smallest absolute Gasteiger partial charge is 0.337 e. The highest BCUT2D eigenvalue weighted by atomic mass is 32.1. The van der Waals surface area contributed by atoms with E-state index in [2.05, 4.69) is 11.8 Å². The summed E-state index contributed by atoms with van der Waals surface area (Å²) in [5.41, 5.74) is 1.60. The van der Waals surface area contributed by atoms with E-state index in [4.69, 9.17) is 9.72 Å². The summed E-state index contributed by atoms with van der Waals surface area (Å²) in [7, 11) is 1.42. The van der Waals surface area contributed by atoms with Crippen molar-refractivity contribution in [2.24, 2.45) is 0 Å². The SMILES string of the molecule is COC(=O)c1ccc2nc(C3CC(N4CCCC[C@@H]4C)C3)sc2c1. The van der Waals surface area contributed by atoms with Crippen LogP contribution in [0.3, 0.4) is 0 Å². The molecule has 1 saturated carbocycles. The number of aromatic nitrogens is 1. The number of carbonyl (C=O) groups excluding carboxylic acids is 1. The Kier molecular flexibility index (Phi) is 4.31. The van der Waals surface area contributed by atoms with Gasteiger partial charge in [0.15, 0.2) is 0 Å². The number of likely N-dealkylation sites (tertiary alicyclic amines) is 1.